The minimum atomic E-state index is 0.493. The lowest BCUT2D eigenvalue weighted by atomic mass is 10.3. The summed E-state index contributed by atoms with van der Waals surface area (Å²) in [6, 6.07) is 0. The second kappa shape index (κ2) is 6.13. The molecular weight excluding hydrogens is 292 g/mol. The zero-order valence-corrected chi connectivity index (χ0v) is 13.1. The molecule has 0 bridgehead atoms. The van der Waals surface area contributed by atoms with Crippen LogP contribution >= 0.6 is 22.7 Å². The third-order valence-corrected chi connectivity index (χ3v) is 5.13. The van der Waals surface area contributed by atoms with Crippen molar-refractivity contribution < 1.29 is 0 Å². The summed E-state index contributed by atoms with van der Waals surface area (Å²) in [4.78, 5) is 9.50. The Hall–Kier alpha value is -1.09. The first-order valence-electron chi connectivity index (χ1n) is 6.65. The minimum absolute atomic E-state index is 0.493. The molecule has 0 atom stereocenters. The first-order valence-corrected chi connectivity index (χ1v) is 8.35. The molecule has 0 spiro atoms. The summed E-state index contributed by atoms with van der Waals surface area (Å²) in [6.07, 6.45) is 1.00. The predicted octanol–water partition coefficient (Wildman–Crippen LogP) is 1.03. The Morgan fingerprint density at radius 1 is 1.25 bits per heavy atom. The van der Waals surface area contributed by atoms with E-state index >= 15 is 0 Å². The smallest absolute Gasteiger partial charge is 0.203 e. The van der Waals surface area contributed by atoms with Gasteiger partial charge in [-0.05, 0) is 7.05 Å². The summed E-state index contributed by atoms with van der Waals surface area (Å²) in [6.45, 7) is 5.71. The summed E-state index contributed by atoms with van der Waals surface area (Å²) < 4.78 is 0. The van der Waals surface area contributed by atoms with Crippen LogP contribution in [0.15, 0.2) is 5.38 Å². The molecule has 1 aliphatic heterocycles. The molecule has 2 aromatic heterocycles. The highest BCUT2D eigenvalue weighted by molar-refractivity contribution is 7.18. The van der Waals surface area contributed by atoms with Crippen LogP contribution in [0.5, 0.6) is 0 Å². The fourth-order valence-corrected chi connectivity index (χ4v) is 3.60. The average molecular weight is 310 g/mol. The quantitative estimate of drug-likeness (QED) is 0.909. The van der Waals surface area contributed by atoms with Crippen molar-refractivity contribution in [1.82, 2.24) is 25.0 Å². The van der Waals surface area contributed by atoms with Crippen LogP contribution in [0.1, 0.15) is 5.01 Å². The molecule has 3 rings (SSSR count). The second-order valence-corrected chi connectivity index (χ2v) is 6.92. The number of hydrogen-bond donors (Lipinski definition) is 1. The molecule has 0 radical (unpaired) electrons. The van der Waals surface area contributed by atoms with E-state index in [2.05, 4.69) is 32.0 Å². The van der Waals surface area contributed by atoms with E-state index in [4.69, 9.17) is 5.73 Å². The van der Waals surface area contributed by atoms with Crippen LogP contribution in [0.3, 0.4) is 0 Å². The fraction of sp³-hybridized carbons (Fsp3) is 0.583. The SMILES string of the molecule is CN1CCN(CCc2nc(-c3nnc(N)s3)cs2)CC1. The molecule has 6 nitrogen and oxygen atoms in total. The Morgan fingerprint density at radius 2 is 2.05 bits per heavy atom. The maximum absolute atomic E-state index is 5.60. The molecule has 1 aliphatic rings. The average Bonchev–Trinajstić information content (AvgIpc) is 3.07. The lowest BCUT2D eigenvalue weighted by Gasteiger charge is -2.32. The summed E-state index contributed by atoms with van der Waals surface area (Å²) in [5, 5.41) is 12.4. The first kappa shape index (κ1) is 13.9. The van der Waals surface area contributed by atoms with Crippen LogP contribution in [-0.2, 0) is 6.42 Å². The van der Waals surface area contributed by atoms with Gasteiger partial charge in [0.05, 0.1) is 5.01 Å². The van der Waals surface area contributed by atoms with Gasteiger partial charge in [-0.25, -0.2) is 4.98 Å². The van der Waals surface area contributed by atoms with E-state index in [1.165, 1.54) is 11.3 Å². The third kappa shape index (κ3) is 3.32. The Balaban J connectivity index is 1.55. The van der Waals surface area contributed by atoms with Crippen molar-refractivity contribution in [3.8, 4) is 10.7 Å². The summed E-state index contributed by atoms with van der Waals surface area (Å²) in [5.41, 5.74) is 6.50. The number of piperazine rings is 1. The number of nitrogen functional groups attached to an aromatic ring is 1. The van der Waals surface area contributed by atoms with E-state index < -0.39 is 0 Å². The van der Waals surface area contributed by atoms with Crippen LogP contribution in [0.25, 0.3) is 10.7 Å². The lowest BCUT2D eigenvalue weighted by molar-refractivity contribution is 0.155. The van der Waals surface area contributed by atoms with Crippen LogP contribution in [-0.4, -0.2) is 64.8 Å². The van der Waals surface area contributed by atoms with Crippen molar-refractivity contribution in [2.45, 2.75) is 6.42 Å². The van der Waals surface area contributed by atoms with Gasteiger partial charge in [0, 0.05) is 44.5 Å². The van der Waals surface area contributed by atoms with Gasteiger partial charge in [0.15, 0.2) is 5.01 Å². The summed E-state index contributed by atoms with van der Waals surface area (Å²) in [5.74, 6) is 0. The Labute approximate surface area is 126 Å². The van der Waals surface area contributed by atoms with Gasteiger partial charge < -0.3 is 15.5 Å². The van der Waals surface area contributed by atoms with Gasteiger partial charge in [-0.2, -0.15) is 0 Å². The van der Waals surface area contributed by atoms with Crippen LogP contribution in [0, 0.1) is 0 Å². The van der Waals surface area contributed by atoms with E-state index in [0.717, 1.165) is 54.9 Å². The van der Waals surface area contributed by atoms with E-state index in [1.807, 2.05) is 5.38 Å². The molecule has 8 heteroatoms. The number of nitrogens with two attached hydrogens (primary N) is 1. The van der Waals surface area contributed by atoms with Gasteiger partial charge in [-0.15, -0.1) is 21.5 Å². The topological polar surface area (TPSA) is 71.2 Å². The van der Waals surface area contributed by atoms with Crippen molar-refractivity contribution in [3.63, 3.8) is 0 Å². The van der Waals surface area contributed by atoms with Crippen LogP contribution in [0.4, 0.5) is 5.13 Å². The van der Waals surface area contributed by atoms with E-state index in [0.29, 0.717) is 5.13 Å². The number of anilines is 1. The van der Waals surface area contributed by atoms with Gasteiger partial charge in [0.1, 0.15) is 5.69 Å². The van der Waals surface area contributed by atoms with Crippen molar-refractivity contribution in [1.29, 1.82) is 0 Å². The molecule has 1 saturated heterocycles. The molecule has 1 fully saturated rings. The van der Waals surface area contributed by atoms with Gasteiger partial charge >= 0.3 is 0 Å². The zero-order valence-electron chi connectivity index (χ0n) is 11.4. The Morgan fingerprint density at radius 3 is 2.75 bits per heavy atom. The second-order valence-electron chi connectivity index (χ2n) is 4.97. The highest BCUT2D eigenvalue weighted by atomic mass is 32.1. The van der Waals surface area contributed by atoms with Crippen molar-refractivity contribution in [2.75, 3.05) is 45.5 Å². The van der Waals surface area contributed by atoms with Gasteiger partial charge in [0.25, 0.3) is 0 Å². The third-order valence-electron chi connectivity index (χ3n) is 3.45. The first-order chi connectivity index (χ1) is 9.70. The molecule has 0 unspecified atom stereocenters. The number of nitrogens with zero attached hydrogens (tertiary/aromatic N) is 5. The van der Waals surface area contributed by atoms with E-state index in [1.54, 1.807) is 11.3 Å². The monoisotopic (exact) mass is 310 g/mol. The van der Waals surface area contributed by atoms with E-state index in [9.17, 15) is 0 Å². The number of rotatable bonds is 4. The maximum atomic E-state index is 5.60. The van der Waals surface area contributed by atoms with Crippen LogP contribution < -0.4 is 5.73 Å². The molecule has 0 aliphatic carbocycles. The molecule has 0 saturated carbocycles. The number of likely N-dealkylation sites (N-methyl/N-ethyl adjacent to an activating group) is 1. The zero-order chi connectivity index (χ0) is 13.9. The largest absolute Gasteiger partial charge is 0.374 e. The minimum Gasteiger partial charge on any atom is -0.374 e. The van der Waals surface area contributed by atoms with Crippen molar-refractivity contribution >= 4 is 27.8 Å². The molecule has 0 amide bonds. The lowest BCUT2D eigenvalue weighted by Crippen LogP contribution is -2.45. The fourth-order valence-electron chi connectivity index (χ4n) is 2.19. The molecule has 0 aromatic carbocycles. The molecular formula is C12H18N6S2. The predicted molar refractivity (Wildman–Crippen MR) is 83.1 cm³/mol. The molecule has 2 aromatic rings. The normalized spacial score (nSPS) is 17.6. The molecule has 3 heterocycles. The maximum Gasteiger partial charge on any atom is 0.203 e. The standard InChI is InChI=1S/C12H18N6S2/c1-17-4-6-18(7-5-17)3-2-10-14-9(8-19-10)11-15-16-12(13)20-11/h8H,2-7H2,1H3,(H2,13,16). The Bertz CT molecular complexity index is 558. The summed E-state index contributed by atoms with van der Waals surface area (Å²) in [7, 11) is 2.18. The van der Waals surface area contributed by atoms with E-state index in [-0.39, 0.29) is 0 Å². The van der Waals surface area contributed by atoms with Gasteiger partial charge in [-0.1, -0.05) is 11.3 Å². The van der Waals surface area contributed by atoms with Crippen molar-refractivity contribution in [3.05, 3.63) is 10.4 Å². The Kier molecular flexibility index (Phi) is 4.25. The van der Waals surface area contributed by atoms with Gasteiger partial charge in [0.2, 0.25) is 5.13 Å². The summed E-state index contributed by atoms with van der Waals surface area (Å²) >= 11 is 3.08. The highest BCUT2D eigenvalue weighted by Crippen LogP contribution is 2.26. The number of hydrogen-bond acceptors (Lipinski definition) is 8. The van der Waals surface area contributed by atoms with Crippen molar-refractivity contribution in [2.24, 2.45) is 0 Å². The number of thiazole rings is 1. The number of aromatic nitrogens is 3. The van der Waals surface area contributed by atoms with Gasteiger partial charge in [-0.3, -0.25) is 0 Å². The van der Waals surface area contributed by atoms with Crippen LogP contribution in [0.2, 0.25) is 0 Å². The highest BCUT2D eigenvalue weighted by Gasteiger charge is 2.14. The molecule has 2 N–H and O–H groups in total. The molecule has 108 valence electrons. The molecule has 20 heavy (non-hydrogen) atoms.